The highest BCUT2D eigenvalue weighted by atomic mass is 127. The second-order valence-electron chi connectivity index (χ2n) is 4.90. The van der Waals surface area contributed by atoms with Crippen molar-refractivity contribution in [3.63, 3.8) is 0 Å². The van der Waals surface area contributed by atoms with Gasteiger partial charge in [-0.15, -0.1) is 0 Å². The Balaban J connectivity index is 1.59. The number of hydrogen-bond acceptors (Lipinski definition) is 1. The van der Waals surface area contributed by atoms with Crippen LogP contribution in [0.15, 0.2) is 22.7 Å². The van der Waals surface area contributed by atoms with E-state index in [9.17, 15) is 0 Å². The second kappa shape index (κ2) is 4.58. The minimum absolute atomic E-state index is 0.522. The van der Waals surface area contributed by atoms with Crippen LogP contribution >= 0.6 is 38.5 Å². The summed E-state index contributed by atoms with van der Waals surface area (Å²) in [6.45, 7) is 0.752. The van der Waals surface area contributed by atoms with Crippen LogP contribution in [-0.4, -0.2) is 6.10 Å². The summed E-state index contributed by atoms with van der Waals surface area (Å²) < 4.78 is 8.43. The smallest absolute Gasteiger partial charge is 0.0731 e. The van der Waals surface area contributed by atoms with Crippen molar-refractivity contribution in [3.8, 4) is 0 Å². The van der Waals surface area contributed by atoms with Gasteiger partial charge in [0, 0.05) is 8.04 Å². The molecule has 0 aliphatic heterocycles. The number of rotatable bonds is 3. The van der Waals surface area contributed by atoms with Crippen molar-refractivity contribution < 1.29 is 4.74 Å². The van der Waals surface area contributed by atoms with Gasteiger partial charge < -0.3 is 4.74 Å². The molecule has 2 aliphatic rings. The highest BCUT2D eigenvalue weighted by Crippen LogP contribution is 2.52. The van der Waals surface area contributed by atoms with Crippen LogP contribution in [0.2, 0.25) is 0 Å². The monoisotopic (exact) mass is 392 g/mol. The topological polar surface area (TPSA) is 9.23 Å². The molecule has 0 heterocycles. The largest absolute Gasteiger partial charge is 0.373 e. The molecular weight excluding hydrogens is 379 g/mol. The Kier molecular flexibility index (Phi) is 3.28. The molecule has 0 saturated heterocycles. The van der Waals surface area contributed by atoms with Gasteiger partial charge in [-0.05, 0) is 77.5 Å². The van der Waals surface area contributed by atoms with Gasteiger partial charge in [-0.3, -0.25) is 0 Å². The summed E-state index contributed by atoms with van der Waals surface area (Å²) in [5.74, 6) is 2.01. The van der Waals surface area contributed by atoms with Crippen LogP contribution in [0.4, 0.5) is 0 Å². The van der Waals surface area contributed by atoms with Gasteiger partial charge in [-0.25, -0.2) is 0 Å². The average Bonchev–Trinajstić information content (AvgIpc) is 2.88. The molecule has 16 heavy (non-hydrogen) atoms. The summed E-state index contributed by atoms with van der Waals surface area (Å²) in [6, 6.07) is 6.41. The molecule has 2 aliphatic carbocycles. The van der Waals surface area contributed by atoms with E-state index in [-0.39, 0.29) is 0 Å². The van der Waals surface area contributed by atoms with Crippen LogP contribution in [0, 0.1) is 15.4 Å². The van der Waals surface area contributed by atoms with E-state index in [4.69, 9.17) is 4.74 Å². The van der Waals surface area contributed by atoms with E-state index >= 15 is 0 Å². The van der Waals surface area contributed by atoms with Gasteiger partial charge in [0.1, 0.15) is 0 Å². The normalized spacial score (nSPS) is 31.5. The minimum atomic E-state index is 0.522. The number of benzene rings is 1. The lowest BCUT2D eigenvalue weighted by molar-refractivity contribution is 0.0372. The Hall–Kier alpha value is 0.390. The summed E-state index contributed by atoms with van der Waals surface area (Å²) in [5, 5.41) is 0. The standard InChI is InChI=1S/C13H14BrIO/c14-13-2-1-11(15)4-10(13)7-16-12-5-8-3-9(8)6-12/h1-2,4,8-9,12H,3,5-7H2. The predicted molar refractivity (Wildman–Crippen MR) is 76.3 cm³/mol. The molecule has 0 spiro atoms. The van der Waals surface area contributed by atoms with E-state index in [2.05, 4.69) is 56.7 Å². The van der Waals surface area contributed by atoms with Gasteiger partial charge in [0.05, 0.1) is 12.7 Å². The quantitative estimate of drug-likeness (QED) is 0.694. The minimum Gasteiger partial charge on any atom is -0.373 e. The summed E-state index contributed by atoms with van der Waals surface area (Å²) >= 11 is 5.92. The second-order valence-corrected chi connectivity index (χ2v) is 7.00. The zero-order chi connectivity index (χ0) is 11.1. The summed E-state index contributed by atoms with van der Waals surface area (Å²) in [7, 11) is 0. The third-order valence-corrected chi connectivity index (χ3v) is 5.13. The molecular formula is C13H14BrIO. The van der Waals surface area contributed by atoms with Crippen molar-refractivity contribution in [1.82, 2.24) is 0 Å². The van der Waals surface area contributed by atoms with Gasteiger partial charge in [-0.2, -0.15) is 0 Å². The van der Waals surface area contributed by atoms with E-state index in [0.29, 0.717) is 6.10 Å². The molecule has 0 aromatic heterocycles. The van der Waals surface area contributed by atoms with Crippen molar-refractivity contribution in [2.24, 2.45) is 11.8 Å². The van der Waals surface area contributed by atoms with Gasteiger partial charge in [0.15, 0.2) is 0 Å². The van der Waals surface area contributed by atoms with E-state index in [1.54, 1.807) is 0 Å². The Morgan fingerprint density at radius 3 is 2.75 bits per heavy atom. The third kappa shape index (κ3) is 2.46. The van der Waals surface area contributed by atoms with Crippen LogP contribution in [0.3, 0.4) is 0 Å². The van der Waals surface area contributed by atoms with Gasteiger partial charge in [0.2, 0.25) is 0 Å². The summed E-state index contributed by atoms with van der Waals surface area (Å²) in [5.41, 5.74) is 1.27. The number of halogens is 2. The maximum Gasteiger partial charge on any atom is 0.0731 e. The Morgan fingerprint density at radius 1 is 1.25 bits per heavy atom. The van der Waals surface area contributed by atoms with E-state index in [1.807, 2.05) is 0 Å². The third-order valence-electron chi connectivity index (χ3n) is 3.68. The lowest BCUT2D eigenvalue weighted by Gasteiger charge is -2.14. The van der Waals surface area contributed by atoms with E-state index in [1.165, 1.54) is 28.4 Å². The van der Waals surface area contributed by atoms with Crippen LogP contribution < -0.4 is 0 Å². The first kappa shape index (κ1) is 11.5. The predicted octanol–water partition coefficient (Wildman–Crippen LogP) is 4.37. The number of ether oxygens (including phenoxy) is 1. The fraction of sp³-hybridized carbons (Fsp3) is 0.538. The molecule has 3 rings (SSSR count). The molecule has 1 aromatic rings. The molecule has 0 bridgehead atoms. The van der Waals surface area contributed by atoms with E-state index < -0.39 is 0 Å². The maximum atomic E-state index is 5.99. The fourth-order valence-corrected chi connectivity index (χ4v) is 3.57. The van der Waals surface area contributed by atoms with Crippen LogP contribution in [0.25, 0.3) is 0 Å². The van der Waals surface area contributed by atoms with Gasteiger partial charge >= 0.3 is 0 Å². The van der Waals surface area contributed by atoms with Crippen LogP contribution in [0.1, 0.15) is 24.8 Å². The molecule has 2 atom stereocenters. The zero-order valence-electron chi connectivity index (χ0n) is 8.96. The fourth-order valence-electron chi connectivity index (χ4n) is 2.66. The first-order valence-electron chi connectivity index (χ1n) is 5.78. The van der Waals surface area contributed by atoms with E-state index in [0.717, 1.165) is 22.9 Å². The van der Waals surface area contributed by atoms with Crippen LogP contribution in [0.5, 0.6) is 0 Å². The lowest BCUT2D eigenvalue weighted by atomic mass is 10.2. The molecule has 2 unspecified atom stereocenters. The molecule has 1 aromatic carbocycles. The lowest BCUT2D eigenvalue weighted by Crippen LogP contribution is -2.10. The van der Waals surface area contributed by atoms with Crippen molar-refractivity contribution in [2.75, 3.05) is 0 Å². The highest BCUT2D eigenvalue weighted by Gasteiger charge is 2.46. The molecule has 86 valence electrons. The van der Waals surface area contributed by atoms with Crippen molar-refractivity contribution in [2.45, 2.75) is 32.0 Å². The first-order chi connectivity index (χ1) is 7.72. The molecule has 3 heteroatoms. The van der Waals surface area contributed by atoms with Crippen molar-refractivity contribution >= 4 is 38.5 Å². The van der Waals surface area contributed by atoms with Crippen molar-refractivity contribution in [1.29, 1.82) is 0 Å². The summed E-state index contributed by atoms with van der Waals surface area (Å²) in [6.07, 6.45) is 4.58. The zero-order valence-corrected chi connectivity index (χ0v) is 12.7. The molecule has 2 saturated carbocycles. The average molecular weight is 393 g/mol. The van der Waals surface area contributed by atoms with Crippen LogP contribution in [-0.2, 0) is 11.3 Å². The summed E-state index contributed by atoms with van der Waals surface area (Å²) in [4.78, 5) is 0. The highest BCUT2D eigenvalue weighted by molar-refractivity contribution is 14.1. The molecule has 0 amide bonds. The number of hydrogen-bond donors (Lipinski definition) is 0. The molecule has 2 fully saturated rings. The van der Waals surface area contributed by atoms with Gasteiger partial charge in [0.25, 0.3) is 0 Å². The Labute approximate surface area is 118 Å². The molecule has 0 radical (unpaired) electrons. The molecule has 0 N–H and O–H groups in total. The molecule has 1 nitrogen and oxygen atoms in total. The Bertz CT molecular complexity index is 397. The van der Waals surface area contributed by atoms with Crippen molar-refractivity contribution in [3.05, 3.63) is 31.8 Å². The number of fused-ring (bicyclic) bond motifs is 1. The Morgan fingerprint density at radius 2 is 2.00 bits per heavy atom. The maximum absolute atomic E-state index is 5.99. The SMILES string of the molecule is Brc1ccc(I)cc1COC1CC2CC2C1. The van der Waals surface area contributed by atoms with Gasteiger partial charge in [-0.1, -0.05) is 15.9 Å². The first-order valence-corrected chi connectivity index (χ1v) is 7.65.